The van der Waals surface area contributed by atoms with Crippen molar-refractivity contribution in [2.45, 2.75) is 58.3 Å². The predicted octanol–water partition coefficient (Wildman–Crippen LogP) is 3.50. The molecule has 1 N–H and O–H groups in total. The third-order valence-electron chi connectivity index (χ3n) is 4.79. The number of amides is 1. The summed E-state index contributed by atoms with van der Waals surface area (Å²) < 4.78 is 7.01. The Morgan fingerprint density at radius 1 is 1.32 bits per heavy atom. The van der Waals surface area contributed by atoms with Crippen LogP contribution < -0.4 is 10.9 Å². The molecule has 134 valence electrons. The van der Waals surface area contributed by atoms with Gasteiger partial charge in [0.1, 0.15) is 17.1 Å². The Bertz CT molecular complexity index is 867. The average Bonchev–Trinajstić information content (AvgIpc) is 2.77. The standard InChI is InChI=1S/C19H25N3O3/c1-11-9-13(12-7-6-8-12)25-18(24)16(11)17(23)20-15-10-14(19(2,3)4)21-22(15)5/h9-10,12H,6-8H2,1-5H3,(H,20,23). The van der Waals surface area contributed by atoms with Crippen LogP contribution in [0.15, 0.2) is 21.3 Å². The Balaban J connectivity index is 1.87. The fourth-order valence-corrected chi connectivity index (χ4v) is 2.93. The summed E-state index contributed by atoms with van der Waals surface area (Å²) in [4.78, 5) is 25.0. The van der Waals surface area contributed by atoms with Gasteiger partial charge in [-0.2, -0.15) is 5.10 Å². The number of aryl methyl sites for hydroxylation is 2. The Morgan fingerprint density at radius 2 is 2.00 bits per heavy atom. The van der Waals surface area contributed by atoms with E-state index in [4.69, 9.17) is 4.42 Å². The van der Waals surface area contributed by atoms with Gasteiger partial charge in [-0.1, -0.05) is 27.2 Å². The summed E-state index contributed by atoms with van der Waals surface area (Å²) in [6.45, 7) is 7.94. The summed E-state index contributed by atoms with van der Waals surface area (Å²) in [5.41, 5.74) is 0.877. The summed E-state index contributed by atoms with van der Waals surface area (Å²) in [6, 6.07) is 3.65. The lowest BCUT2D eigenvalue weighted by Gasteiger charge is -2.24. The van der Waals surface area contributed by atoms with E-state index >= 15 is 0 Å². The highest BCUT2D eigenvalue weighted by atomic mass is 16.4. The molecule has 6 heteroatoms. The summed E-state index contributed by atoms with van der Waals surface area (Å²) in [6.07, 6.45) is 3.24. The normalized spacial score (nSPS) is 15.1. The minimum atomic E-state index is -0.572. The Hall–Kier alpha value is -2.37. The molecule has 6 nitrogen and oxygen atoms in total. The highest BCUT2D eigenvalue weighted by molar-refractivity contribution is 6.04. The molecule has 2 aromatic heterocycles. The number of hydrogen-bond donors (Lipinski definition) is 1. The van der Waals surface area contributed by atoms with E-state index in [2.05, 4.69) is 31.2 Å². The fraction of sp³-hybridized carbons (Fsp3) is 0.526. The van der Waals surface area contributed by atoms with E-state index in [0.29, 0.717) is 23.1 Å². The monoisotopic (exact) mass is 343 g/mol. The zero-order valence-corrected chi connectivity index (χ0v) is 15.5. The van der Waals surface area contributed by atoms with Crippen molar-refractivity contribution < 1.29 is 9.21 Å². The van der Waals surface area contributed by atoms with E-state index in [-0.39, 0.29) is 11.0 Å². The molecule has 0 atom stereocenters. The molecule has 1 aliphatic rings. The molecule has 0 aliphatic heterocycles. The number of hydrogen-bond acceptors (Lipinski definition) is 4. The number of rotatable bonds is 3. The molecule has 0 spiro atoms. The number of carbonyl (C=O) groups is 1. The maximum atomic E-state index is 12.6. The summed E-state index contributed by atoms with van der Waals surface area (Å²) in [7, 11) is 1.76. The molecule has 1 saturated carbocycles. The molecular formula is C19H25N3O3. The van der Waals surface area contributed by atoms with Crippen molar-refractivity contribution in [1.29, 1.82) is 0 Å². The van der Waals surface area contributed by atoms with Gasteiger partial charge in [-0.25, -0.2) is 4.79 Å². The highest BCUT2D eigenvalue weighted by Gasteiger charge is 2.26. The van der Waals surface area contributed by atoms with Crippen molar-refractivity contribution in [2.24, 2.45) is 7.05 Å². The van der Waals surface area contributed by atoms with Crippen LogP contribution in [0.3, 0.4) is 0 Å². The van der Waals surface area contributed by atoms with E-state index in [1.807, 2.05) is 12.1 Å². The first-order chi connectivity index (χ1) is 11.7. The van der Waals surface area contributed by atoms with Crippen molar-refractivity contribution in [2.75, 3.05) is 5.32 Å². The number of nitrogens with one attached hydrogen (secondary N) is 1. The topological polar surface area (TPSA) is 77.1 Å². The maximum Gasteiger partial charge on any atom is 0.349 e. The number of aromatic nitrogens is 2. The molecule has 2 heterocycles. The second-order valence-corrected chi connectivity index (χ2v) is 7.86. The minimum Gasteiger partial charge on any atom is -0.427 e. The van der Waals surface area contributed by atoms with Gasteiger partial charge in [0.25, 0.3) is 5.91 Å². The first kappa shape index (κ1) is 17.5. The molecule has 0 unspecified atom stereocenters. The minimum absolute atomic E-state index is 0.0570. The van der Waals surface area contributed by atoms with E-state index in [9.17, 15) is 9.59 Å². The lowest BCUT2D eigenvalue weighted by molar-refractivity contribution is 0.102. The molecule has 3 rings (SSSR count). The quantitative estimate of drug-likeness (QED) is 0.925. The molecule has 0 radical (unpaired) electrons. The number of nitrogens with zero attached hydrogens (tertiary/aromatic N) is 2. The van der Waals surface area contributed by atoms with Gasteiger partial charge in [-0.05, 0) is 31.4 Å². The Morgan fingerprint density at radius 3 is 2.48 bits per heavy atom. The van der Waals surface area contributed by atoms with Crippen LogP contribution in [0.25, 0.3) is 0 Å². The first-order valence-corrected chi connectivity index (χ1v) is 8.67. The zero-order valence-electron chi connectivity index (χ0n) is 15.5. The molecule has 0 aromatic carbocycles. The second-order valence-electron chi connectivity index (χ2n) is 7.86. The van der Waals surface area contributed by atoms with Crippen LogP contribution >= 0.6 is 0 Å². The van der Waals surface area contributed by atoms with Crippen molar-refractivity contribution in [3.05, 3.63) is 45.1 Å². The van der Waals surface area contributed by atoms with Gasteiger partial charge in [-0.3, -0.25) is 9.48 Å². The number of anilines is 1. The molecule has 0 bridgehead atoms. The van der Waals surface area contributed by atoms with Gasteiger partial charge >= 0.3 is 5.63 Å². The fourth-order valence-electron chi connectivity index (χ4n) is 2.93. The van der Waals surface area contributed by atoms with Crippen LogP contribution in [-0.4, -0.2) is 15.7 Å². The van der Waals surface area contributed by atoms with Gasteiger partial charge in [0.2, 0.25) is 0 Å². The molecule has 0 saturated heterocycles. The molecule has 1 aliphatic carbocycles. The van der Waals surface area contributed by atoms with Gasteiger partial charge in [-0.15, -0.1) is 0 Å². The van der Waals surface area contributed by atoms with Gasteiger partial charge < -0.3 is 9.73 Å². The van der Waals surface area contributed by atoms with E-state index in [1.165, 1.54) is 0 Å². The molecule has 2 aromatic rings. The smallest absolute Gasteiger partial charge is 0.349 e. The van der Waals surface area contributed by atoms with Gasteiger partial charge in [0.15, 0.2) is 0 Å². The second kappa shape index (κ2) is 6.17. The first-order valence-electron chi connectivity index (χ1n) is 8.67. The van der Waals surface area contributed by atoms with E-state index in [0.717, 1.165) is 25.0 Å². The molecule has 1 fully saturated rings. The van der Waals surface area contributed by atoms with Gasteiger partial charge in [0.05, 0.1) is 5.69 Å². The van der Waals surface area contributed by atoms with Crippen LogP contribution in [0.2, 0.25) is 0 Å². The van der Waals surface area contributed by atoms with E-state index < -0.39 is 11.5 Å². The van der Waals surface area contributed by atoms with Crippen molar-refractivity contribution >= 4 is 11.7 Å². The van der Waals surface area contributed by atoms with Crippen LogP contribution in [-0.2, 0) is 12.5 Å². The van der Waals surface area contributed by atoms with Crippen LogP contribution in [0, 0.1) is 6.92 Å². The third kappa shape index (κ3) is 3.38. The lowest BCUT2D eigenvalue weighted by Crippen LogP contribution is -2.25. The lowest BCUT2D eigenvalue weighted by atomic mass is 9.83. The Labute approximate surface area is 147 Å². The van der Waals surface area contributed by atoms with Crippen LogP contribution in [0.5, 0.6) is 0 Å². The predicted molar refractivity (Wildman–Crippen MR) is 96.2 cm³/mol. The third-order valence-corrected chi connectivity index (χ3v) is 4.79. The van der Waals surface area contributed by atoms with E-state index in [1.54, 1.807) is 18.7 Å². The van der Waals surface area contributed by atoms with Gasteiger partial charge in [0, 0.05) is 24.4 Å². The van der Waals surface area contributed by atoms with Crippen molar-refractivity contribution in [3.8, 4) is 0 Å². The van der Waals surface area contributed by atoms with Crippen molar-refractivity contribution in [3.63, 3.8) is 0 Å². The maximum absolute atomic E-state index is 12.6. The van der Waals surface area contributed by atoms with Crippen molar-refractivity contribution in [1.82, 2.24) is 9.78 Å². The van der Waals surface area contributed by atoms with Crippen LogP contribution in [0.4, 0.5) is 5.82 Å². The summed E-state index contributed by atoms with van der Waals surface area (Å²) in [5, 5.41) is 7.21. The Kier molecular flexibility index (Phi) is 4.31. The molecule has 25 heavy (non-hydrogen) atoms. The molecular weight excluding hydrogens is 318 g/mol. The highest BCUT2D eigenvalue weighted by Crippen LogP contribution is 2.36. The largest absolute Gasteiger partial charge is 0.427 e. The zero-order chi connectivity index (χ0) is 18.4. The summed E-state index contributed by atoms with van der Waals surface area (Å²) >= 11 is 0. The number of carbonyl (C=O) groups excluding carboxylic acids is 1. The average molecular weight is 343 g/mol. The van der Waals surface area contributed by atoms with Crippen LogP contribution in [0.1, 0.15) is 73.3 Å². The SMILES string of the molecule is Cc1cc(C2CCC2)oc(=O)c1C(=O)Nc1cc(C(C)(C)C)nn1C. The summed E-state index contributed by atoms with van der Waals surface area (Å²) in [5.74, 6) is 1.10. The molecule has 1 amide bonds.